The van der Waals surface area contributed by atoms with E-state index < -0.39 is 35.5 Å². The van der Waals surface area contributed by atoms with Gasteiger partial charge in [0.05, 0.1) is 44.0 Å². The largest absolute Gasteiger partial charge is 0.444 e. The van der Waals surface area contributed by atoms with Crippen LogP contribution < -0.4 is 5.73 Å². The molecule has 0 bridgehead atoms. The highest BCUT2D eigenvalue weighted by Crippen LogP contribution is 2.50. The van der Waals surface area contributed by atoms with Gasteiger partial charge < -0.3 is 29.7 Å². The van der Waals surface area contributed by atoms with Gasteiger partial charge in [-0.15, -0.1) is 0 Å². The van der Waals surface area contributed by atoms with Gasteiger partial charge >= 0.3 is 6.09 Å². The fraction of sp³-hybridized carbons (Fsp3) is 0.342. The Labute approximate surface area is 281 Å². The minimum Gasteiger partial charge on any atom is -0.444 e. The van der Waals surface area contributed by atoms with E-state index in [1.807, 2.05) is 125 Å². The molecule has 1 aliphatic heterocycles. The maximum Gasteiger partial charge on any atom is 0.411 e. The lowest BCUT2D eigenvalue weighted by Gasteiger charge is -2.37. The number of rotatable bonds is 11. The second-order valence-corrected chi connectivity index (χ2v) is 13.3. The molecule has 0 aliphatic carbocycles. The Morgan fingerprint density at radius 2 is 1.46 bits per heavy atom. The van der Waals surface area contributed by atoms with Gasteiger partial charge in [0, 0.05) is 11.8 Å². The van der Waals surface area contributed by atoms with Gasteiger partial charge in [-0.25, -0.2) is 14.8 Å². The summed E-state index contributed by atoms with van der Waals surface area (Å²) in [6.45, 7) is 8.64. The maximum atomic E-state index is 14.5. The normalized spacial score (nSPS) is 21.1. The average Bonchev–Trinajstić information content (AvgIpc) is 3.60. The summed E-state index contributed by atoms with van der Waals surface area (Å²) in [7, 11) is 0. The summed E-state index contributed by atoms with van der Waals surface area (Å²) in [5, 5.41) is 0. The maximum absolute atomic E-state index is 14.5. The first-order valence-electron chi connectivity index (χ1n) is 16.2. The minimum absolute atomic E-state index is 0.161. The van der Waals surface area contributed by atoms with Gasteiger partial charge in [-0.2, -0.15) is 0 Å². The first kappa shape index (κ1) is 33.1. The summed E-state index contributed by atoms with van der Waals surface area (Å²) in [6, 6.07) is 28.5. The Balaban J connectivity index is 1.48. The monoisotopic (exact) mass is 649 g/mol. The Kier molecular flexibility index (Phi) is 9.77. The number of nitrogens with one attached hydrogen (secondary N) is 1. The number of aromatic nitrogens is 3. The van der Waals surface area contributed by atoms with Crippen LogP contribution in [0.1, 0.15) is 56.0 Å². The first-order chi connectivity index (χ1) is 23.1. The lowest BCUT2D eigenvalue weighted by Crippen LogP contribution is -2.48. The van der Waals surface area contributed by atoms with E-state index in [9.17, 15) is 4.79 Å². The van der Waals surface area contributed by atoms with Crippen LogP contribution in [0.25, 0.3) is 11.0 Å². The third-order valence-corrected chi connectivity index (χ3v) is 8.58. The Morgan fingerprint density at radius 1 is 0.875 bits per heavy atom. The molecule has 1 aliphatic rings. The highest BCUT2D eigenvalue weighted by molar-refractivity contribution is 5.88. The number of nitrogens with zero attached hydrogens (tertiary/aromatic N) is 3. The van der Waals surface area contributed by atoms with E-state index in [1.54, 1.807) is 4.90 Å². The number of carbonyl (C=O) groups excluding carboxylic acids is 1. The number of hydrogen-bond acceptors (Lipinski definition) is 8. The van der Waals surface area contributed by atoms with Crippen molar-refractivity contribution in [1.29, 1.82) is 0 Å². The Morgan fingerprint density at radius 3 is 2.06 bits per heavy atom. The molecular weight excluding hydrogens is 606 g/mol. The van der Waals surface area contributed by atoms with Gasteiger partial charge in [-0.3, -0.25) is 4.90 Å². The van der Waals surface area contributed by atoms with E-state index in [0.717, 1.165) is 16.7 Å². The van der Waals surface area contributed by atoms with E-state index in [1.165, 1.54) is 6.33 Å². The number of carbonyl (C=O) groups is 1. The summed E-state index contributed by atoms with van der Waals surface area (Å²) in [6.07, 6.45) is 2.08. The van der Waals surface area contributed by atoms with E-state index in [4.69, 9.17) is 24.7 Å². The summed E-state index contributed by atoms with van der Waals surface area (Å²) >= 11 is 0. The number of amides is 1. The third kappa shape index (κ3) is 7.21. The number of nitrogens with two attached hydrogens (primary N) is 1. The molecule has 1 saturated heterocycles. The summed E-state index contributed by atoms with van der Waals surface area (Å²) in [5.41, 5.74) is 9.25. The molecule has 1 fully saturated rings. The van der Waals surface area contributed by atoms with Crippen LogP contribution in [-0.2, 0) is 38.8 Å². The van der Waals surface area contributed by atoms with Crippen LogP contribution in [0.2, 0.25) is 0 Å². The predicted octanol–water partition coefficient (Wildman–Crippen LogP) is 6.98. The molecule has 2 aromatic heterocycles. The molecular formula is C38H43N5O5. The Bertz CT molecular complexity index is 1790. The topological polar surface area (TPSA) is 125 Å². The number of ether oxygens (including phenoxy) is 4. The highest BCUT2D eigenvalue weighted by atomic mass is 16.6. The second kappa shape index (κ2) is 14.1. The second-order valence-electron chi connectivity index (χ2n) is 13.3. The fourth-order valence-electron chi connectivity index (χ4n) is 6.40. The molecule has 5 aromatic rings. The van der Waals surface area contributed by atoms with Crippen molar-refractivity contribution in [1.82, 2.24) is 19.9 Å². The van der Waals surface area contributed by atoms with Gasteiger partial charge in [0.25, 0.3) is 0 Å². The molecule has 0 radical (unpaired) electrons. The number of benzene rings is 3. The molecule has 6 rings (SSSR count). The first-order valence-corrected chi connectivity index (χ1v) is 16.2. The van der Waals surface area contributed by atoms with E-state index in [0.29, 0.717) is 35.6 Å². The number of likely N-dealkylation sites (tertiary alicyclic amines) is 1. The van der Waals surface area contributed by atoms with Crippen molar-refractivity contribution in [3.63, 3.8) is 0 Å². The molecule has 10 heteroatoms. The predicted molar refractivity (Wildman–Crippen MR) is 184 cm³/mol. The quantitative estimate of drug-likeness (QED) is 0.157. The van der Waals surface area contributed by atoms with Crippen LogP contribution in [0.5, 0.6) is 0 Å². The average molecular weight is 650 g/mol. The van der Waals surface area contributed by atoms with E-state index in [2.05, 4.69) is 15.0 Å². The molecule has 0 saturated carbocycles. The van der Waals surface area contributed by atoms with Gasteiger partial charge in [0.2, 0.25) is 0 Å². The molecule has 1 amide bonds. The van der Waals surface area contributed by atoms with Gasteiger partial charge in [-0.05, 0) is 44.4 Å². The number of H-pyrrole nitrogens is 1. The molecule has 0 spiro atoms. The summed E-state index contributed by atoms with van der Waals surface area (Å²) < 4.78 is 26.3. The number of nitrogen functional groups attached to an aromatic ring is 1. The van der Waals surface area contributed by atoms with E-state index in [-0.39, 0.29) is 13.2 Å². The standard InChI is InChI=1S/C38H43N5O5/c1-37(2,3)48-36(44)43-30(24-45-21-26-14-8-5-9-15-26)34(46-22-27-16-10-6-11-17-27)38(4,47-23-28-18-12-7-13-19-28)33(43)29-20-40-32-31(29)41-25-42-35(32)39/h5-20,25,30,33-34,40H,21-24H2,1-4H3,(H2,39,41,42)/t30-,33+,34-,38+/m1/s1. The number of hydrogen-bond donors (Lipinski definition) is 2. The zero-order chi connectivity index (χ0) is 33.7. The van der Waals surface area contributed by atoms with Crippen molar-refractivity contribution in [3.8, 4) is 0 Å². The number of aromatic amines is 1. The lowest BCUT2D eigenvalue weighted by molar-refractivity contribution is -0.146. The molecule has 3 heterocycles. The molecule has 250 valence electrons. The van der Waals surface area contributed by atoms with E-state index >= 15 is 0 Å². The Hall–Kier alpha value is -4.77. The van der Waals surface area contributed by atoms with Crippen molar-refractivity contribution in [2.75, 3.05) is 12.3 Å². The molecule has 4 atom stereocenters. The molecule has 0 unspecified atom stereocenters. The summed E-state index contributed by atoms with van der Waals surface area (Å²) in [5.74, 6) is 0.305. The van der Waals surface area contributed by atoms with Crippen molar-refractivity contribution < 1.29 is 23.7 Å². The highest BCUT2D eigenvalue weighted by Gasteiger charge is 2.62. The van der Waals surface area contributed by atoms with Crippen LogP contribution in [0.15, 0.2) is 104 Å². The zero-order valence-electron chi connectivity index (χ0n) is 27.8. The van der Waals surface area contributed by atoms with Gasteiger partial charge in [0.1, 0.15) is 29.2 Å². The van der Waals surface area contributed by atoms with Crippen LogP contribution in [-0.4, -0.2) is 55.9 Å². The van der Waals surface area contributed by atoms with Gasteiger partial charge in [-0.1, -0.05) is 91.0 Å². The van der Waals surface area contributed by atoms with Crippen LogP contribution in [0, 0.1) is 0 Å². The van der Waals surface area contributed by atoms with Crippen molar-refractivity contribution >= 4 is 22.9 Å². The van der Waals surface area contributed by atoms with Crippen molar-refractivity contribution in [2.45, 2.75) is 76.9 Å². The van der Waals surface area contributed by atoms with Crippen LogP contribution in [0.4, 0.5) is 10.6 Å². The molecule has 3 N–H and O–H groups in total. The van der Waals surface area contributed by atoms with Crippen LogP contribution in [0.3, 0.4) is 0 Å². The smallest absolute Gasteiger partial charge is 0.411 e. The zero-order valence-corrected chi connectivity index (χ0v) is 27.8. The minimum atomic E-state index is -1.11. The SMILES string of the molecule is CC(C)(C)OC(=O)N1[C@H](COCc2ccccc2)[C@@H](OCc2ccccc2)[C@@](C)(OCc2ccccc2)[C@@H]1c1c[nH]c2c(N)ncnc12. The number of fused-ring (bicyclic) bond motifs is 1. The third-order valence-electron chi connectivity index (χ3n) is 8.58. The van der Waals surface area contributed by atoms with Gasteiger partial charge in [0.15, 0.2) is 5.82 Å². The van der Waals surface area contributed by atoms with Crippen molar-refractivity contribution in [3.05, 3.63) is 126 Å². The van der Waals surface area contributed by atoms with Crippen LogP contribution >= 0.6 is 0 Å². The summed E-state index contributed by atoms with van der Waals surface area (Å²) in [4.78, 5) is 28.2. The van der Waals surface area contributed by atoms with Crippen molar-refractivity contribution in [2.24, 2.45) is 0 Å². The number of anilines is 1. The molecule has 3 aromatic carbocycles. The molecule has 48 heavy (non-hydrogen) atoms. The fourth-order valence-corrected chi connectivity index (χ4v) is 6.40. The molecule has 10 nitrogen and oxygen atoms in total. The lowest BCUT2D eigenvalue weighted by atomic mass is 9.88.